The summed E-state index contributed by atoms with van der Waals surface area (Å²) >= 11 is 0. The highest BCUT2D eigenvalue weighted by atomic mass is 16.5. The summed E-state index contributed by atoms with van der Waals surface area (Å²) in [6, 6.07) is 12.7. The van der Waals surface area contributed by atoms with Gasteiger partial charge in [-0.25, -0.2) is 0 Å². The lowest BCUT2D eigenvalue weighted by molar-refractivity contribution is 0.102. The van der Waals surface area contributed by atoms with E-state index in [-0.39, 0.29) is 11.6 Å². The first-order valence-corrected chi connectivity index (χ1v) is 7.31. The van der Waals surface area contributed by atoms with Gasteiger partial charge in [0, 0.05) is 17.1 Å². The summed E-state index contributed by atoms with van der Waals surface area (Å²) in [5.41, 5.74) is 2.60. The van der Waals surface area contributed by atoms with E-state index in [9.17, 15) is 4.79 Å². The number of nitrogens with one attached hydrogen (secondary N) is 1. The smallest absolute Gasteiger partial charge is 0.276 e. The molecule has 2 aromatic heterocycles. The number of hydrogen-bond donors (Lipinski definition) is 1. The zero-order valence-corrected chi connectivity index (χ0v) is 12.9. The number of carbonyl (C=O) groups is 1. The Labute approximate surface area is 133 Å². The highest BCUT2D eigenvalue weighted by molar-refractivity contribution is 6.07. The maximum Gasteiger partial charge on any atom is 0.276 e. The van der Waals surface area contributed by atoms with E-state index in [4.69, 9.17) is 4.74 Å². The summed E-state index contributed by atoms with van der Waals surface area (Å²) in [5, 5.41) is 11.5. The van der Waals surface area contributed by atoms with Gasteiger partial charge in [0.25, 0.3) is 5.91 Å². The second-order valence-corrected chi connectivity index (χ2v) is 4.97. The third-order valence-electron chi connectivity index (χ3n) is 3.26. The Morgan fingerprint density at radius 3 is 2.74 bits per heavy atom. The number of pyridine rings is 1. The van der Waals surface area contributed by atoms with Crippen molar-refractivity contribution in [2.24, 2.45) is 0 Å². The Bertz CT molecular complexity index is 847. The highest BCUT2D eigenvalue weighted by Gasteiger charge is 2.12. The molecular formula is C17H16N4O2. The molecule has 0 radical (unpaired) electrons. The van der Waals surface area contributed by atoms with Crippen LogP contribution in [-0.4, -0.2) is 27.7 Å². The number of rotatable bonds is 4. The van der Waals surface area contributed by atoms with Crippen molar-refractivity contribution in [3.8, 4) is 5.88 Å². The average Bonchev–Trinajstić information content (AvgIpc) is 2.55. The molecule has 1 aromatic carbocycles. The molecular weight excluding hydrogens is 292 g/mol. The normalized spacial score (nSPS) is 10.5. The second kappa shape index (κ2) is 6.39. The van der Waals surface area contributed by atoms with Crippen molar-refractivity contribution in [3.63, 3.8) is 0 Å². The van der Waals surface area contributed by atoms with Crippen LogP contribution in [0.1, 0.15) is 23.1 Å². The van der Waals surface area contributed by atoms with E-state index in [1.165, 1.54) is 0 Å². The predicted octanol–water partition coefficient (Wildman–Crippen LogP) is 2.98. The van der Waals surface area contributed by atoms with Crippen LogP contribution < -0.4 is 10.1 Å². The fourth-order valence-electron chi connectivity index (χ4n) is 2.26. The Morgan fingerprint density at radius 2 is 2.00 bits per heavy atom. The predicted molar refractivity (Wildman–Crippen MR) is 87.6 cm³/mol. The number of ether oxygens (including phenoxy) is 1. The van der Waals surface area contributed by atoms with Crippen LogP contribution in [0.2, 0.25) is 0 Å². The molecule has 0 aliphatic heterocycles. The molecule has 3 rings (SSSR count). The van der Waals surface area contributed by atoms with Gasteiger partial charge < -0.3 is 10.1 Å². The summed E-state index contributed by atoms with van der Waals surface area (Å²) in [4.78, 5) is 16.8. The molecule has 6 nitrogen and oxygen atoms in total. The van der Waals surface area contributed by atoms with E-state index in [0.717, 1.165) is 16.6 Å². The summed E-state index contributed by atoms with van der Waals surface area (Å²) in [6.45, 7) is 4.25. The number of carbonyl (C=O) groups excluding carboxylic acids is 1. The minimum atomic E-state index is -0.323. The second-order valence-electron chi connectivity index (χ2n) is 4.97. The summed E-state index contributed by atoms with van der Waals surface area (Å²) < 4.78 is 5.22. The monoisotopic (exact) mass is 308 g/mol. The molecule has 23 heavy (non-hydrogen) atoms. The zero-order valence-electron chi connectivity index (χ0n) is 12.9. The number of aromatic nitrogens is 3. The van der Waals surface area contributed by atoms with E-state index in [1.807, 2.05) is 44.2 Å². The van der Waals surface area contributed by atoms with Crippen molar-refractivity contribution in [1.82, 2.24) is 15.2 Å². The highest BCUT2D eigenvalue weighted by Crippen LogP contribution is 2.23. The number of para-hydroxylation sites is 1. The third-order valence-corrected chi connectivity index (χ3v) is 3.26. The van der Waals surface area contributed by atoms with Gasteiger partial charge in [0.05, 0.1) is 17.8 Å². The number of nitrogens with zero attached hydrogens (tertiary/aromatic N) is 3. The van der Waals surface area contributed by atoms with Crippen molar-refractivity contribution in [2.75, 3.05) is 11.9 Å². The molecule has 0 atom stereocenters. The van der Waals surface area contributed by atoms with Gasteiger partial charge in [0.15, 0.2) is 5.69 Å². The van der Waals surface area contributed by atoms with Crippen molar-refractivity contribution >= 4 is 22.5 Å². The van der Waals surface area contributed by atoms with Crippen LogP contribution in [0.25, 0.3) is 10.9 Å². The van der Waals surface area contributed by atoms with E-state index in [1.54, 1.807) is 12.1 Å². The molecule has 116 valence electrons. The first-order chi connectivity index (χ1) is 11.2. The fraction of sp³-hybridized carbons (Fsp3) is 0.176. The number of hydrogen-bond acceptors (Lipinski definition) is 5. The van der Waals surface area contributed by atoms with Crippen LogP contribution in [0, 0.1) is 6.92 Å². The molecule has 0 bridgehead atoms. The molecule has 1 N–H and O–H groups in total. The van der Waals surface area contributed by atoms with E-state index < -0.39 is 0 Å². The standard InChI is InChI=1S/C17H16N4O2/c1-3-23-16-9-8-14(20-21-16)17(22)19-15-10-11(2)18-13-7-5-4-6-12(13)15/h4-10H,3H2,1-2H3,(H,18,19,22). The van der Waals surface area contributed by atoms with Crippen LogP contribution in [0.4, 0.5) is 5.69 Å². The Morgan fingerprint density at radius 1 is 1.17 bits per heavy atom. The van der Waals surface area contributed by atoms with Gasteiger partial charge in [-0.3, -0.25) is 9.78 Å². The number of aryl methyl sites for hydroxylation is 1. The maximum absolute atomic E-state index is 12.4. The quantitative estimate of drug-likeness (QED) is 0.801. The SMILES string of the molecule is CCOc1ccc(C(=O)Nc2cc(C)nc3ccccc23)nn1. The van der Waals surface area contributed by atoms with Gasteiger partial charge in [0.2, 0.25) is 5.88 Å². The lowest BCUT2D eigenvalue weighted by Gasteiger charge is -2.09. The van der Waals surface area contributed by atoms with Crippen molar-refractivity contribution in [1.29, 1.82) is 0 Å². The minimum Gasteiger partial charge on any atom is -0.477 e. The maximum atomic E-state index is 12.4. The van der Waals surface area contributed by atoms with Gasteiger partial charge in [-0.1, -0.05) is 18.2 Å². The molecule has 6 heteroatoms. The van der Waals surface area contributed by atoms with Crippen LogP contribution in [0.15, 0.2) is 42.5 Å². The Balaban J connectivity index is 1.88. The van der Waals surface area contributed by atoms with E-state index in [2.05, 4.69) is 20.5 Å². The molecule has 1 amide bonds. The van der Waals surface area contributed by atoms with Crippen LogP contribution in [0.3, 0.4) is 0 Å². The van der Waals surface area contributed by atoms with Gasteiger partial charge in [-0.2, -0.15) is 0 Å². The van der Waals surface area contributed by atoms with E-state index >= 15 is 0 Å². The van der Waals surface area contributed by atoms with Crippen LogP contribution in [0.5, 0.6) is 5.88 Å². The molecule has 0 spiro atoms. The summed E-state index contributed by atoms with van der Waals surface area (Å²) in [6.07, 6.45) is 0. The van der Waals surface area contributed by atoms with Crippen molar-refractivity contribution in [3.05, 3.63) is 53.9 Å². The topological polar surface area (TPSA) is 77.0 Å². The molecule has 0 saturated carbocycles. The van der Waals surface area contributed by atoms with Crippen molar-refractivity contribution in [2.45, 2.75) is 13.8 Å². The van der Waals surface area contributed by atoms with Gasteiger partial charge in [-0.15, -0.1) is 10.2 Å². The number of benzene rings is 1. The Hall–Kier alpha value is -3.02. The van der Waals surface area contributed by atoms with Crippen molar-refractivity contribution < 1.29 is 9.53 Å². The van der Waals surface area contributed by atoms with Crippen LogP contribution >= 0.6 is 0 Å². The molecule has 0 aliphatic rings. The number of fused-ring (bicyclic) bond motifs is 1. The molecule has 0 aliphatic carbocycles. The van der Waals surface area contributed by atoms with Gasteiger partial charge >= 0.3 is 0 Å². The number of amides is 1. The van der Waals surface area contributed by atoms with Gasteiger partial charge in [-0.05, 0) is 32.0 Å². The Kier molecular flexibility index (Phi) is 4.14. The largest absolute Gasteiger partial charge is 0.477 e. The molecule has 0 unspecified atom stereocenters. The van der Waals surface area contributed by atoms with E-state index in [0.29, 0.717) is 18.2 Å². The molecule has 2 heterocycles. The lowest BCUT2D eigenvalue weighted by atomic mass is 10.1. The third kappa shape index (κ3) is 3.26. The fourth-order valence-corrected chi connectivity index (χ4v) is 2.26. The zero-order chi connectivity index (χ0) is 16.2. The van der Waals surface area contributed by atoms with Gasteiger partial charge in [0.1, 0.15) is 0 Å². The van der Waals surface area contributed by atoms with Crippen LogP contribution in [-0.2, 0) is 0 Å². The summed E-state index contributed by atoms with van der Waals surface area (Å²) in [5.74, 6) is 0.0746. The molecule has 3 aromatic rings. The summed E-state index contributed by atoms with van der Waals surface area (Å²) in [7, 11) is 0. The first-order valence-electron chi connectivity index (χ1n) is 7.31. The number of anilines is 1. The average molecular weight is 308 g/mol. The lowest BCUT2D eigenvalue weighted by Crippen LogP contribution is -2.15. The molecule has 0 fully saturated rings. The minimum absolute atomic E-state index is 0.229. The first kappa shape index (κ1) is 14.9. The molecule has 0 saturated heterocycles.